The van der Waals surface area contributed by atoms with Gasteiger partial charge in [-0.25, -0.2) is 14.4 Å². The van der Waals surface area contributed by atoms with Crippen molar-refractivity contribution in [2.24, 2.45) is 20.7 Å². The van der Waals surface area contributed by atoms with Gasteiger partial charge in [0.05, 0.1) is 6.61 Å². The second-order valence-corrected chi connectivity index (χ2v) is 15.9. The maximum Gasteiger partial charge on any atom is 0.473 e. The number of carbonyl (C=O) groups excluding carboxylic acids is 4. The van der Waals surface area contributed by atoms with Crippen molar-refractivity contribution in [2.45, 2.75) is 137 Å². The van der Waals surface area contributed by atoms with Crippen molar-refractivity contribution in [1.82, 2.24) is 19.8 Å². The molecule has 0 fully saturated rings. The quantitative estimate of drug-likeness (QED) is 0.0799. The van der Waals surface area contributed by atoms with E-state index in [4.69, 9.17) is 24.7 Å². The molecule has 0 bridgehead atoms. The third kappa shape index (κ3) is 20.4. The molecule has 2 aromatic rings. The first-order valence-corrected chi connectivity index (χ1v) is 18.6. The summed E-state index contributed by atoms with van der Waals surface area (Å²) in [5.74, 6) is -1.85. The van der Waals surface area contributed by atoms with Gasteiger partial charge in [0, 0.05) is 37.6 Å². The van der Waals surface area contributed by atoms with Crippen LogP contribution in [0.25, 0.3) is 0 Å². The number of ether oxygens (including phenoxy) is 4. The maximum atomic E-state index is 13.2. The number of imidazole rings is 1. The number of nitrogens with two attached hydrogens (primary N) is 1. The van der Waals surface area contributed by atoms with Gasteiger partial charge in [-0.1, -0.05) is 19.3 Å². The van der Waals surface area contributed by atoms with E-state index in [9.17, 15) is 32.3 Å². The summed E-state index contributed by atoms with van der Waals surface area (Å²) in [6, 6.07) is 6.51. The van der Waals surface area contributed by atoms with Crippen LogP contribution in [0, 0.1) is 0 Å². The van der Waals surface area contributed by atoms with Crippen LogP contribution in [0.4, 0.5) is 27.6 Å². The van der Waals surface area contributed by atoms with Crippen molar-refractivity contribution in [2.75, 3.05) is 13.2 Å². The molecule has 1 aromatic carbocycles. The van der Waals surface area contributed by atoms with Gasteiger partial charge in [0.15, 0.2) is 0 Å². The molecule has 0 aliphatic heterocycles. The lowest BCUT2D eigenvalue weighted by Gasteiger charge is -2.22. The van der Waals surface area contributed by atoms with Gasteiger partial charge in [-0.05, 0) is 106 Å². The molecule has 318 valence electrons. The summed E-state index contributed by atoms with van der Waals surface area (Å²) in [6.45, 7) is 16.3. The van der Waals surface area contributed by atoms with Crippen molar-refractivity contribution < 1.29 is 51.3 Å². The molecule has 1 heterocycles. The van der Waals surface area contributed by atoms with Crippen LogP contribution >= 0.6 is 0 Å². The van der Waals surface area contributed by atoms with E-state index in [0.717, 1.165) is 19.3 Å². The Morgan fingerprint density at radius 3 is 1.70 bits per heavy atom. The summed E-state index contributed by atoms with van der Waals surface area (Å²) in [5, 5.41) is 4.86. The Labute approximate surface area is 331 Å². The minimum absolute atomic E-state index is 0.0256. The molecule has 0 unspecified atom stereocenters. The van der Waals surface area contributed by atoms with E-state index in [2.05, 4.69) is 25.6 Å². The van der Waals surface area contributed by atoms with E-state index < -0.39 is 47.2 Å². The van der Waals surface area contributed by atoms with Crippen LogP contribution in [0.5, 0.6) is 5.75 Å². The molecule has 0 atom stereocenters. The number of alkyl carbamates (subject to hydrolysis) is 2. The van der Waals surface area contributed by atoms with Gasteiger partial charge >= 0.3 is 30.4 Å². The molecule has 1 aromatic heterocycles. The van der Waals surface area contributed by atoms with Crippen molar-refractivity contribution >= 4 is 36.0 Å². The zero-order valence-electron chi connectivity index (χ0n) is 34.2. The first kappa shape index (κ1) is 47.8. The number of aliphatic imine (C=N–C) groups is 2. The number of unbranched alkanes of at least 4 members (excludes halogenated alkanes) is 4. The SMILES string of the molecule is CC(C)(C)OC(=O)/N=C(\N)c1ccc(OCCCn2ccn(CCCCCCCN=C(NC(=O)OC(C)(C)C)NC(=O)OC(C)(C)C)c2=NC(=O)C(F)(F)F)cc1. The Balaban J connectivity index is 1.94. The van der Waals surface area contributed by atoms with Gasteiger partial charge in [-0.3, -0.25) is 20.4 Å². The van der Waals surface area contributed by atoms with Crippen molar-refractivity contribution in [3.05, 3.63) is 47.8 Å². The number of nitrogens with one attached hydrogen (secondary N) is 2. The van der Waals surface area contributed by atoms with Crippen molar-refractivity contribution in [3.63, 3.8) is 0 Å². The van der Waals surface area contributed by atoms with E-state index in [1.54, 1.807) is 99.0 Å². The first-order valence-electron chi connectivity index (χ1n) is 18.6. The van der Waals surface area contributed by atoms with Gasteiger partial charge in [0.25, 0.3) is 0 Å². The number of hydrogen-bond acceptors (Lipinski definition) is 9. The lowest BCUT2D eigenvalue weighted by molar-refractivity contribution is -0.169. The van der Waals surface area contributed by atoms with Crippen LogP contribution in [0.15, 0.2) is 51.6 Å². The Bertz CT molecular complexity index is 1750. The highest BCUT2D eigenvalue weighted by Gasteiger charge is 2.38. The Hall–Kier alpha value is -5.36. The topological polar surface area (TPSA) is 202 Å². The average Bonchev–Trinajstić information content (AvgIpc) is 3.41. The van der Waals surface area contributed by atoms with E-state index in [-0.39, 0.29) is 37.1 Å². The molecule has 0 aliphatic rings. The monoisotopic (exact) mass is 810 g/mol. The van der Waals surface area contributed by atoms with Crippen LogP contribution in [0.3, 0.4) is 0 Å². The molecule has 57 heavy (non-hydrogen) atoms. The summed E-state index contributed by atoms with van der Waals surface area (Å²) in [6.07, 6.45) is -0.568. The maximum absolute atomic E-state index is 13.2. The van der Waals surface area contributed by atoms with E-state index in [1.165, 1.54) is 9.13 Å². The highest BCUT2D eigenvalue weighted by molar-refractivity contribution is 6.03. The lowest BCUT2D eigenvalue weighted by Crippen LogP contribution is -2.47. The van der Waals surface area contributed by atoms with Gasteiger partial charge in [-0.2, -0.15) is 23.2 Å². The minimum atomic E-state index is -5.13. The molecule has 0 saturated carbocycles. The molecule has 0 aliphatic carbocycles. The number of amides is 4. The highest BCUT2D eigenvalue weighted by atomic mass is 19.4. The van der Waals surface area contributed by atoms with Gasteiger partial charge < -0.3 is 33.8 Å². The zero-order valence-corrected chi connectivity index (χ0v) is 34.2. The predicted molar refractivity (Wildman–Crippen MR) is 207 cm³/mol. The predicted octanol–water partition coefficient (Wildman–Crippen LogP) is 6.74. The number of rotatable bonds is 14. The molecule has 16 nitrogen and oxygen atoms in total. The highest BCUT2D eigenvalue weighted by Crippen LogP contribution is 2.17. The molecule has 0 radical (unpaired) electrons. The van der Waals surface area contributed by atoms with Crippen molar-refractivity contribution in [3.8, 4) is 5.75 Å². The number of aryl methyl sites for hydroxylation is 2. The number of hydrogen-bond donors (Lipinski definition) is 3. The fourth-order valence-corrected chi connectivity index (χ4v) is 4.71. The van der Waals surface area contributed by atoms with Crippen molar-refractivity contribution in [1.29, 1.82) is 0 Å². The standard InChI is InChI=1S/C38H57F3N8O8/c1-35(2,3)55-32(51)44-28(42)26-16-18-27(19-17-26)54-25-15-22-49-24-23-48(31(49)45-29(50)38(39,40)41)21-14-12-10-11-13-20-43-30(46-33(52)56-36(4,5)6)47-34(53)57-37(7,8)9/h16-19,23-24H,10-15,20-22,25H2,1-9H3,(H2,42,44,51)(H2,43,46,47,52,53). The third-order valence-corrected chi connectivity index (χ3v) is 7.02. The van der Waals surface area contributed by atoms with Crippen LogP contribution in [-0.4, -0.2) is 81.2 Å². The number of halogens is 3. The van der Waals surface area contributed by atoms with Gasteiger partial charge in [0.1, 0.15) is 28.4 Å². The number of carbonyl (C=O) groups is 4. The average molecular weight is 811 g/mol. The minimum Gasteiger partial charge on any atom is -0.494 e. The number of benzene rings is 1. The molecule has 4 amide bonds. The molecule has 2 rings (SSSR count). The summed E-state index contributed by atoms with van der Waals surface area (Å²) >= 11 is 0. The van der Waals surface area contributed by atoms with Crippen LogP contribution in [0.1, 0.15) is 106 Å². The van der Waals surface area contributed by atoms with E-state index in [0.29, 0.717) is 37.1 Å². The molecular formula is C38H57F3N8O8. The summed E-state index contributed by atoms with van der Waals surface area (Å²) in [7, 11) is 0. The second kappa shape index (κ2) is 21.2. The summed E-state index contributed by atoms with van der Waals surface area (Å²) < 4.78 is 63.9. The molecule has 4 N–H and O–H groups in total. The second-order valence-electron chi connectivity index (χ2n) is 15.9. The van der Waals surface area contributed by atoms with Gasteiger partial charge in [-0.15, -0.1) is 0 Å². The smallest absolute Gasteiger partial charge is 0.473 e. The Kier molecular flexibility index (Phi) is 17.8. The lowest BCUT2D eigenvalue weighted by atomic mass is 10.1. The summed E-state index contributed by atoms with van der Waals surface area (Å²) in [5.41, 5.74) is 4.02. The number of aromatic nitrogens is 2. The Morgan fingerprint density at radius 1 is 0.702 bits per heavy atom. The zero-order chi connectivity index (χ0) is 43.0. The molecule has 0 saturated heterocycles. The number of nitrogens with zero attached hydrogens (tertiary/aromatic N) is 5. The van der Waals surface area contributed by atoms with E-state index in [1.807, 2.05) is 0 Å². The number of alkyl halides is 3. The first-order chi connectivity index (χ1) is 26.3. The molecular weight excluding hydrogens is 753 g/mol. The molecule has 0 spiro atoms. The summed E-state index contributed by atoms with van der Waals surface area (Å²) in [4.78, 5) is 59.8. The number of guanidine groups is 1. The fraction of sp³-hybridized carbons (Fsp3) is 0.605. The van der Waals surface area contributed by atoms with E-state index >= 15 is 0 Å². The normalized spacial score (nSPS) is 12.8. The Morgan fingerprint density at radius 2 is 1.19 bits per heavy atom. The third-order valence-electron chi connectivity index (χ3n) is 7.02. The number of amidine groups is 1. The van der Waals surface area contributed by atoms with Crippen LogP contribution in [0.2, 0.25) is 0 Å². The van der Waals surface area contributed by atoms with Crippen LogP contribution < -0.4 is 26.7 Å². The van der Waals surface area contributed by atoms with Gasteiger partial charge in [0.2, 0.25) is 11.6 Å². The fourth-order valence-electron chi connectivity index (χ4n) is 4.71. The molecule has 19 heteroatoms. The largest absolute Gasteiger partial charge is 0.494 e. The van der Waals surface area contributed by atoms with Crippen LogP contribution in [-0.2, 0) is 32.1 Å².